The fraction of sp³-hybridized carbons (Fsp3) is 0.364. The number of aliphatic carboxylic acids is 1. The van der Waals surface area contributed by atoms with Gasteiger partial charge >= 0.3 is 12.1 Å². The molecule has 3 aliphatic carbocycles. The molecule has 0 spiro atoms. The predicted molar refractivity (Wildman–Crippen MR) is 107 cm³/mol. The van der Waals surface area contributed by atoms with E-state index in [1.54, 1.807) is 13.2 Å². The van der Waals surface area contributed by atoms with Crippen molar-refractivity contribution in [2.45, 2.75) is 37.3 Å². The molecule has 0 saturated heterocycles. The second-order valence-electron chi connectivity index (χ2n) is 8.00. The van der Waals surface area contributed by atoms with E-state index in [-0.39, 0.29) is 12.0 Å². The van der Waals surface area contributed by atoms with Crippen molar-refractivity contribution in [3.05, 3.63) is 64.7 Å². The molecule has 152 valence electrons. The first kappa shape index (κ1) is 19.6. The molecule has 0 radical (unpaired) electrons. The normalized spacial score (nSPS) is 25.2. The van der Waals surface area contributed by atoms with Crippen molar-refractivity contribution in [2.24, 2.45) is 5.41 Å². The van der Waals surface area contributed by atoms with Crippen LogP contribution in [0.3, 0.4) is 0 Å². The van der Waals surface area contributed by atoms with Gasteiger partial charge in [0.25, 0.3) is 0 Å². The van der Waals surface area contributed by atoms with Gasteiger partial charge in [-0.1, -0.05) is 48.0 Å². The Hall–Kier alpha value is -2.73. The van der Waals surface area contributed by atoms with Gasteiger partial charge in [0.1, 0.15) is 18.4 Å². The summed E-state index contributed by atoms with van der Waals surface area (Å²) in [4.78, 5) is 24.0. The fourth-order valence-corrected chi connectivity index (χ4v) is 5.02. The number of alkyl carbamates (subject to hydrolysis) is 1. The van der Waals surface area contributed by atoms with E-state index in [9.17, 15) is 14.7 Å². The Bertz CT molecular complexity index is 926. The first-order valence-electron chi connectivity index (χ1n) is 9.42. The van der Waals surface area contributed by atoms with Gasteiger partial charge in [-0.05, 0) is 47.9 Å². The highest BCUT2D eigenvalue weighted by molar-refractivity contribution is 6.32. The number of nitrogens with one attached hydrogen (secondary N) is 1. The number of carboxylic acid groups (broad SMARTS) is 1. The topological polar surface area (TPSA) is 84.9 Å². The van der Waals surface area contributed by atoms with Gasteiger partial charge in [0, 0.05) is 5.41 Å². The van der Waals surface area contributed by atoms with Gasteiger partial charge in [-0.3, -0.25) is 0 Å². The van der Waals surface area contributed by atoms with Crippen LogP contribution < -0.4 is 10.1 Å². The van der Waals surface area contributed by atoms with Gasteiger partial charge in [-0.2, -0.15) is 0 Å². The number of carbonyl (C=O) groups is 2. The Labute approximate surface area is 173 Å². The highest BCUT2D eigenvalue weighted by Crippen LogP contribution is 2.75. The quantitative estimate of drug-likeness (QED) is 0.709. The molecule has 2 aromatic rings. The monoisotopic (exact) mass is 415 g/mol. The lowest BCUT2D eigenvalue weighted by atomic mass is 9.31. The van der Waals surface area contributed by atoms with Gasteiger partial charge in [0.2, 0.25) is 0 Å². The third-order valence-corrected chi connectivity index (χ3v) is 6.48. The SMILES string of the molecule is COc1cc(C23CC(C(NC(=O)OCc4ccccc4)C(=O)O)(C2)C3)ccc1Cl. The van der Waals surface area contributed by atoms with Crippen LogP contribution in [0.4, 0.5) is 4.79 Å². The molecule has 1 unspecified atom stereocenters. The summed E-state index contributed by atoms with van der Waals surface area (Å²) in [5.74, 6) is -0.427. The Morgan fingerprint density at radius 2 is 1.86 bits per heavy atom. The highest BCUT2D eigenvalue weighted by Gasteiger charge is 2.72. The lowest BCUT2D eigenvalue weighted by Gasteiger charge is -2.72. The van der Waals surface area contributed by atoms with E-state index in [0.717, 1.165) is 11.1 Å². The van der Waals surface area contributed by atoms with Gasteiger partial charge in [0.15, 0.2) is 0 Å². The van der Waals surface area contributed by atoms with Crippen LogP contribution in [-0.2, 0) is 21.6 Å². The van der Waals surface area contributed by atoms with Crippen molar-refractivity contribution >= 4 is 23.7 Å². The molecule has 3 aliphatic rings. The molecular weight excluding hydrogens is 394 g/mol. The number of methoxy groups -OCH3 is 1. The summed E-state index contributed by atoms with van der Waals surface area (Å²) < 4.78 is 10.5. The smallest absolute Gasteiger partial charge is 0.408 e. The van der Waals surface area contributed by atoms with E-state index in [0.29, 0.717) is 30.0 Å². The van der Waals surface area contributed by atoms with E-state index >= 15 is 0 Å². The number of hydrogen-bond donors (Lipinski definition) is 2. The molecule has 29 heavy (non-hydrogen) atoms. The minimum Gasteiger partial charge on any atom is -0.495 e. The maximum Gasteiger partial charge on any atom is 0.408 e. The first-order chi connectivity index (χ1) is 13.9. The number of ether oxygens (including phenoxy) is 2. The van der Waals surface area contributed by atoms with E-state index in [1.807, 2.05) is 42.5 Å². The van der Waals surface area contributed by atoms with Crippen LogP contribution in [0.15, 0.2) is 48.5 Å². The molecule has 0 heterocycles. The second-order valence-corrected chi connectivity index (χ2v) is 8.41. The van der Waals surface area contributed by atoms with Crippen LogP contribution in [0.2, 0.25) is 5.02 Å². The third-order valence-electron chi connectivity index (χ3n) is 6.17. The molecule has 7 heteroatoms. The summed E-state index contributed by atoms with van der Waals surface area (Å²) in [7, 11) is 1.57. The molecule has 2 bridgehead atoms. The number of amides is 1. The molecular formula is C22H22ClNO5. The Kier molecular flexibility index (Phi) is 4.90. The molecule has 6 nitrogen and oxygen atoms in total. The number of rotatable bonds is 7. The maximum absolute atomic E-state index is 12.2. The zero-order chi connectivity index (χ0) is 20.6. The van der Waals surface area contributed by atoms with E-state index in [2.05, 4.69) is 5.32 Å². The standard InChI is InChI=1S/C22H22ClNO5/c1-28-17-9-15(7-8-16(17)23)21-11-22(12-21,13-21)18(19(25)26)24-20(27)29-10-14-5-3-2-4-6-14/h2-9,18H,10-13H2,1H3,(H,24,27)(H,25,26). The molecule has 5 rings (SSSR count). The minimum atomic E-state index is -1.04. The van der Waals surface area contributed by atoms with Gasteiger partial charge < -0.3 is 19.9 Å². The summed E-state index contributed by atoms with van der Waals surface area (Å²) in [5.41, 5.74) is 1.43. The first-order valence-corrected chi connectivity index (χ1v) is 9.79. The average molecular weight is 416 g/mol. The number of carboxylic acids is 1. The molecule has 3 saturated carbocycles. The number of benzene rings is 2. The molecule has 0 aliphatic heterocycles. The molecule has 3 fully saturated rings. The van der Waals surface area contributed by atoms with Crippen LogP contribution in [0.25, 0.3) is 0 Å². The predicted octanol–water partition coefficient (Wildman–Crippen LogP) is 4.15. The van der Waals surface area contributed by atoms with Crippen LogP contribution in [-0.4, -0.2) is 30.3 Å². The van der Waals surface area contributed by atoms with Gasteiger partial charge in [0.05, 0.1) is 12.1 Å². The summed E-state index contributed by atoms with van der Waals surface area (Å²) in [6, 6.07) is 14.0. The largest absolute Gasteiger partial charge is 0.495 e. The molecule has 0 aromatic heterocycles. The zero-order valence-corrected chi connectivity index (χ0v) is 16.7. The van der Waals surface area contributed by atoms with Crippen molar-refractivity contribution in [3.8, 4) is 5.75 Å². The fourth-order valence-electron chi connectivity index (χ4n) is 4.83. The second kappa shape index (κ2) is 7.26. The van der Waals surface area contributed by atoms with Crippen molar-refractivity contribution < 1.29 is 24.2 Å². The third kappa shape index (κ3) is 3.42. The lowest BCUT2D eigenvalue weighted by molar-refractivity contribution is -0.183. The number of carbonyl (C=O) groups excluding carboxylic acids is 1. The summed E-state index contributed by atoms with van der Waals surface area (Å²) >= 11 is 6.11. The van der Waals surface area contributed by atoms with Gasteiger partial charge in [-0.25, -0.2) is 9.59 Å². The maximum atomic E-state index is 12.2. The van der Waals surface area contributed by atoms with E-state index in [4.69, 9.17) is 21.1 Å². The van der Waals surface area contributed by atoms with Crippen molar-refractivity contribution in [3.63, 3.8) is 0 Å². The summed E-state index contributed by atoms with van der Waals surface area (Å²) in [6.07, 6.45) is 1.37. The van der Waals surface area contributed by atoms with Crippen LogP contribution in [0, 0.1) is 5.41 Å². The van der Waals surface area contributed by atoms with E-state index < -0.39 is 23.5 Å². The van der Waals surface area contributed by atoms with Crippen LogP contribution in [0.5, 0.6) is 5.75 Å². The average Bonchev–Trinajstić information content (AvgIpc) is 2.65. The summed E-state index contributed by atoms with van der Waals surface area (Å²) in [5, 5.41) is 12.8. The molecule has 2 aromatic carbocycles. The molecule has 1 amide bonds. The van der Waals surface area contributed by atoms with Crippen molar-refractivity contribution in [1.29, 1.82) is 0 Å². The Morgan fingerprint density at radius 3 is 2.48 bits per heavy atom. The minimum absolute atomic E-state index is 0.0683. The Balaban J connectivity index is 1.39. The lowest BCUT2D eigenvalue weighted by Crippen LogP contribution is -2.73. The van der Waals surface area contributed by atoms with Crippen molar-refractivity contribution in [1.82, 2.24) is 5.32 Å². The molecule has 2 N–H and O–H groups in total. The molecule has 1 atom stereocenters. The highest BCUT2D eigenvalue weighted by atomic mass is 35.5. The van der Waals surface area contributed by atoms with E-state index in [1.165, 1.54) is 0 Å². The summed E-state index contributed by atoms with van der Waals surface area (Å²) in [6.45, 7) is 0.0977. The Morgan fingerprint density at radius 1 is 1.17 bits per heavy atom. The number of halogens is 1. The van der Waals surface area contributed by atoms with Crippen LogP contribution >= 0.6 is 11.6 Å². The number of hydrogen-bond acceptors (Lipinski definition) is 4. The van der Waals surface area contributed by atoms with Gasteiger partial charge in [-0.15, -0.1) is 0 Å². The van der Waals surface area contributed by atoms with Crippen molar-refractivity contribution in [2.75, 3.05) is 7.11 Å². The zero-order valence-electron chi connectivity index (χ0n) is 16.0. The van der Waals surface area contributed by atoms with Crippen LogP contribution in [0.1, 0.15) is 30.4 Å².